The van der Waals surface area contributed by atoms with Crippen molar-refractivity contribution in [3.63, 3.8) is 0 Å². The van der Waals surface area contributed by atoms with Gasteiger partial charge in [0.1, 0.15) is 6.07 Å². The predicted molar refractivity (Wildman–Crippen MR) is 150 cm³/mol. The summed E-state index contributed by atoms with van der Waals surface area (Å²) < 4.78 is 0. The zero-order chi connectivity index (χ0) is 25.8. The Kier molecular flexibility index (Phi) is 7.33. The Hall–Kier alpha value is -3.96. The van der Waals surface area contributed by atoms with Crippen molar-refractivity contribution in [3.05, 3.63) is 112 Å². The minimum absolute atomic E-state index is 0.00941. The second-order valence-electron chi connectivity index (χ2n) is 8.62. The molecule has 1 aliphatic rings. The fraction of sp³-hybridized carbons (Fsp3) is 0.143. The number of benzene rings is 3. The Morgan fingerprint density at radius 2 is 1.78 bits per heavy atom. The van der Waals surface area contributed by atoms with Crippen molar-refractivity contribution in [2.75, 3.05) is 10.6 Å². The zero-order valence-corrected chi connectivity index (χ0v) is 21.5. The first-order valence-corrected chi connectivity index (χ1v) is 12.7. The van der Waals surface area contributed by atoms with Crippen LogP contribution < -0.4 is 27.0 Å². The van der Waals surface area contributed by atoms with E-state index < -0.39 is 0 Å². The molecule has 0 spiro atoms. The highest BCUT2D eigenvalue weighted by molar-refractivity contribution is 6.36. The molecule has 5 N–H and O–H groups in total. The van der Waals surface area contributed by atoms with E-state index in [-0.39, 0.29) is 12.1 Å². The number of aromatic nitrogens is 1. The number of nitriles is 1. The standard InChI is InChI=1S/C28H25Cl2N7/c1-2-24(17-8-4-3-5-9-17)35-26-18(14-31)15-32-27-21(26)12-19(13-23(27)30)34-28(25-16-33-37-36-25)20-10-6-7-11-22(20)29/h3-13,15-16,24,28,33-34,36-37H,2H2,1H3,(H,32,35)/t24-,28-/m1/s1. The highest BCUT2D eigenvalue weighted by Gasteiger charge is 2.23. The number of hydrogen-bond donors (Lipinski definition) is 5. The molecule has 2 atom stereocenters. The number of anilines is 2. The van der Waals surface area contributed by atoms with Crippen molar-refractivity contribution in [1.82, 2.24) is 21.4 Å². The van der Waals surface area contributed by atoms with E-state index in [1.165, 1.54) is 0 Å². The van der Waals surface area contributed by atoms with Crippen molar-refractivity contribution in [2.24, 2.45) is 0 Å². The molecular weight excluding hydrogens is 505 g/mol. The van der Waals surface area contributed by atoms with Crippen molar-refractivity contribution in [1.29, 1.82) is 5.26 Å². The maximum atomic E-state index is 9.92. The van der Waals surface area contributed by atoms with Crippen molar-refractivity contribution >= 4 is 45.5 Å². The molecule has 0 saturated heterocycles. The fourth-order valence-electron chi connectivity index (χ4n) is 4.48. The number of nitrogens with zero attached hydrogens (tertiary/aromatic N) is 2. The number of fused-ring (bicyclic) bond motifs is 1. The van der Waals surface area contributed by atoms with Gasteiger partial charge in [-0.3, -0.25) is 4.98 Å². The first-order valence-electron chi connectivity index (χ1n) is 11.9. The maximum Gasteiger partial charge on any atom is 0.103 e. The van der Waals surface area contributed by atoms with Crippen molar-refractivity contribution in [2.45, 2.75) is 25.4 Å². The van der Waals surface area contributed by atoms with E-state index in [2.05, 4.69) is 57.1 Å². The molecular formula is C28H25Cl2N7. The Morgan fingerprint density at radius 3 is 2.49 bits per heavy atom. The Balaban J connectivity index is 1.59. The molecule has 0 fully saturated rings. The summed E-state index contributed by atoms with van der Waals surface area (Å²) in [4.78, 5) is 4.50. The summed E-state index contributed by atoms with van der Waals surface area (Å²) in [5.41, 5.74) is 14.3. The second-order valence-corrected chi connectivity index (χ2v) is 9.44. The molecule has 0 amide bonds. The molecule has 186 valence electrons. The molecule has 0 bridgehead atoms. The van der Waals surface area contributed by atoms with E-state index in [1.54, 1.807) is 6.20 Å². The highest BCUT2D eigenvalue weighted by Crippen LogP contribution is 2.38. The SMILES string of the molecule is CC[C@@H](Nc1c(C#N)cnc2c(Cl)cc(N[C@@H](C3=CNNN3)c3ccccc3Cl)cc12)c1ccccc1. The maximum absolute atomic E-state index is 9.92. The molecule has 2 heterocycles. The molecule has 0 aliphatic carbocycles. The van der Waals surface area contributed by atoms with Gasteiger partial charge in [0.25, 0.3) is 0 Å². The summed E-state index contributed by atoms with van der Waals surface area (Å²) >= 11 is 13.3. The van der Waals surface area contributed by atoms with Crippen LogP contribution in [0.5, 0.6) is 0 Å². The molecule has 3 aromatic carbocycles. The van der Waals surface area contributed by atoms with E-state index in [9.17, 15) is 5.26 Å². The van der Waals surface area contributed by atoms with E-state index in [0.29, 0.717) is 26.8 Å². The molecule has 1 aliphatic heterocycles. The monoisotopic (exact) mass is 529 g/mol. The lowest BCUT2D eigenvalue weighted by atomic mass is 10.0. The van der Waals surface area contributed by atoms with Crippen LogP contribution in [0.3, 0.4) is 0 Å². The first kappa shape index (κ1) is 24.7. The summed E-state index contributed by atoms with van der Waals surface area (Å²) in [6.45, 7) is 2.11. The molecule has 0 radical (unpaired) electrons. The largest absolute Gasteiger partial charge is 0.377 e. The van der Waals surface area contributed by atoms with E-state index in [4.69, 9.17) is 23.2 Å². The molecule has 37 heavy (non-hydrogen) atoms. The van der Waals surface area contributed by atoms with Gasteiger partial charge in [-0.2, -0.15) is 10.8 Å². The zero-order valence-electron chi connectivity index (χ0n) is 20.0. The average Bonchev–Trinajstić information content (AvgIpc) is 3.46. The van der Waals surface area contributed by atoms with Crippen LogP contribution in [0, 0.1) is 11.3 Å². The molecule has 7 nitrogen and oxygen atoms in total. The molecule has 0 unspecified atom stereocenters. The summed E-state index contributed by atoms with van der Waals surface area (Å²) in [7, 11) is 0. The average molecular weight is 530 g/mol. The summed E-state index contributed by atoms with van der Waals surface area (Å²) in [5.74, 6) is 0. The summed E-state index contributed by atoms with van der Waals surface area (Å²) in [6, 6.07) is 23.6. The summed E-state index contributed by atoms with van der Waals surface area (Å²) in [5, 5.41) is 18.9. The van der Waals surface area contributed by atoms with E-state index in [0.717, 1.165) is 34.3 Å². The smallest absolute Gasteiger partial charge is 0.103 e. The van der Waals surface area contributed by atoms with Gasteiger partial charge in [0.2, 0.25) is 0 Å². The van der Waals surface area contributed by atoms with Crippen molar-refractivity contribution < 1.29 is 0 Å². The van der Waals surface area contributed by atoms with Gasteiger partial charge in [-0.15, -0.1) is 0 Å². The molecule has 0 saturated carbocycles. The summed E-state index contributed by atoms with van der Waals surface area (Å²) in [6.07, 6.45) is 4.23. The minimum atomic E-state index is -0.305. The number of hydrogen-bond acceptors (Lipinski definition) is 7. The van der Waals surface area contributed by atoms with E-state index >= 15 is 0 Å². The van der Waals surface area contributed by atoms with Crippen LogP contribution in [0.4, 0.5) is 11.4 Å². The number of rotatable bonds is 8. The van der Waals surface area contributed by atoms with Gasteiger partial charge < -0.3 is 21.5 Å². The fourth-order valence-corrected chi connectivity index (χ4v) is 4.99. The van der Waals surface area contributed by atoms with Gasteiger partial charge in [0.05, 0.1) is 39.6 Å². The Morgan fingerprint density at radius 1 is 1.00 bits per heavy atom. The third-order valence-corrected chi connectivity index (χ3v) is 6.95. The van der Waals surface area contributed by atoms with Crippen LogP contribution in [0.1, 0.15) is 42.1 Å². The number of halogens is 2. The third-order valence-electron chi connectivity index (χ3n) is 6.32. The lowest BCUT2D eigenvalue weighted by molar-refractivity contribution is 0.583. The van der Waals surface area contributed by atoms with Gasteiger partial charge in [-0.25, -0.2) is 0 Å². The molecule has 1 aromatic heterocycles. The van der Waals surface area contributed by atoms with Gasteiger partial charge in [0, 0.05) is 28.5 Å². The van der Waals surface area contributed by atoms with E-state index in [1.807, 2.05) is 60.8 Å². The topological polar surface area (TPSA) is 96.8 Å². The third kappa shape index (κ3) is 5.13. The van der Waals surface area contributed by atoms with Gasteiger partial charge in [0.15, 0.2) is 0 Å². The Labute approximate surface area is 225 Å². The number of nitrogens with one attached hydrogen (secondary N) is 5. The molecule has 4 aromatic rings. The predicted octanol–water partition coefficient (Wildman–Crippen LogP) is 6.58. The van der Waals surface area contributed by atoms with Crippen LogP contribution in [-0.4, -0.2) is 4.98 Å². The van der Waals surface area contributed by atoms with Crippen LogP contribution in [0.25, 0.3) is 10.9 Å². The van der Waals surface area contributed by atoms with Crippen LogP contribution in [0.15, 0.2) is 84.8 Å². The molecule has 5 rings (SSSR count). The van der Waals surface area contributed by atoms with Crippen LogP contribution in [-0.2, 0) is 0 Å². The lowest BCUT2D eigenvalue weighted by Crippen LogP contribution is -2.34. The number of hydrazine groups is 2. The van der Waals surface area contributed by atoms with Crippen LogP contribution >= 0.6 is 23.2 Å². The van der Waals surface area contributed by atoms with Crippen molar-refractivity contribution in [3.8, 4) is 6.07 Å². The first-order chi connectivity index (χ1) is 18.1. The molecule has 9 heteroatoms. The van der Waals surface area contributed by atoms with Crippen LogP contribution in [0.2, 0.25) is 10.0 Å². The lowest BCUT2D eigenvalue weighted by Gasteiger charge is -2.24. The normalized spacial score (nSPS) is 14.2. The van der Waals surface area contributed by atoms with Gasteiger partial charge in [-0.1, -0.05) is 78.7 Å². The highest BCUT2D eigenvalue weighted by atomic mass is 35.5. The second kappa shape index (κ2) is 11.0. The minimum Gasteiger partial charge on any atom is -0.377 e. The van der Waals surface area contributed by atoms with Gasteiger partial charge in [-0.05, 0) is 35.7 Å². The number of pyridine rings is 1. The van der Waals surface area contributed by atoms with Gasteiger partial charge >= 0.3 is 0 Å². The Bertz CT molecular complexity index is 1500. The quantitative estimate of drug-likeness (QED) is 0.176.